The standard InChI is InChI=1S/C27H22Cl2F2N2O4/c1-27(2,16-6-9-18(28)21(12-16)36-3)25-23(14-4-7-17(30)8-5-14)32-22(33-25)13-37-24-19(29)10-15(26(34)35)11-20(24)31/h4-12H,13H2,1-3H3,(H,32,33)(H,34,35). The summed E-state index contributed by atoms with van der Waals surface area (Å²) in [5.74, 6) is -2.05. The van der Waals surface area contributed by atoms with Crippen LogP contribution in [0.2, 0.25) is 10.0 Å². The van der Waals surface area contributed by atoms with Crippen molar-refractivity contribution in [1.29, 1.82) is 0 Å². The van der Waals surface area contributed by atoms with Crippen LogP contribution in [-0.2, 0) is 12.0 Å². The maximum atomic E-state index is 14.5. The number of hydrogen-bond acceptors (Lipinski definition) is 4. The van der Waals surface area contributed by atoms with Crippen LogP contribution >= 0.6 is 23.2 Å². The van der Waals surface area contributed by atoms with E-state index >= 15 is 0 Å². The maximum Gasteiger partial charge on any atom is 0.335 e. The molecule has 0 radical (unpaired) electrons. The Bertz CT molecular complexity index is 1450. The summed E-state index contributed by atoms with van der Waals surface area (Å²) >= 11 is 12.3. The largest absolute Gasteiger partial charge is 0.495 e. The van der Waals surface area contributed by atoms with Gasteiger partial charge in [-0.1, -0.05) is 43.1 Å². The maximum absolute atomic E-state index is 14.5. The summed E-state index contributed by atoms with van der Waals surface area (Å²) in [6.07, 6.45) is 0. The molecule has 4 rings (SSSR count). The van der Waals surface area contributed by atoms with E-state index in [2.05, 4.69) is 9.97 Å². The molecule has 6 nitrogen and oxygen atoms in total. The number of carbonyl (C=O) groups is 1. The van der Waals surface area contributed by atoms with Crippen molar-refractivity contribution in [3.05, 3.63) is 98.9 Å². The van der Waals surface area contributed by atoms with Crippen LogP contribution in [0.25, 0.3) is 11.3 Å². The third kappa shape index (κ3) is 5.40. The van der Waals surface area contributed by atoms with Gasteiger partial charge in [0.25, 0.3) is 0 Å². The first kappa shape index (κ1) is 26.4. The highest BCUT2D eigenvalue weighted by atomic mass is 35.5. The Morgan fingerprint density at radius 3 is 2.38 bits per heavy atom. The van der Waals surface area contributed by atoms with Crippen molar-refractivity contribution in [3.8, 4) is 22.8 Å². The van der Waals surface area contributed by atoms with E-state index < -0.39 is 17.2 Å². The number of rotatable bonds is 8. The molecule has 192 valence electrons. The quantitative estimate of drug-likeness (QED) is 0.242. The van der Waals surface area contributed by atoms with Crippen molar-refractivity contribution in [2.75, 3.05) is 7.11 Å². The smallest absolute Gasteiger partial charge is 0.335 e. The lowest BCUT2D eigenvalue weighted by Crippen LogP contribution is -2.21. The van der Waals surface area contributed by atoms with Crippen molar-refractivity contribution in [1.82, 2.24) is 9.97 Å². The lowest BCUT2D eigenvalue weighted by molar-refractivity contribution is 0.0696. The van der Waals surface area contributed by atoms with E-state index in [0.717, 1.165) is 17.7 Å². The number of carboxylic acids is 1. The van der Waals surface area contributed by atoms with Gasteiger partial charge in [0, 0.05) is 11.0 Å². The fraction of sp³-hybridized carbons (Fsp3) is 0.185. The number of hydrogen-bond donors (Lipinski definition) is 2. The molecule has 0 aliphatic heterocycles. The molecule has 1 aromatic heterocycles. The molecule has 0 saturated heterocycles. The highest BCUT2D eigenvalue weighted by Crippen LogP contribution is 2.39. The molecule has 0 amide bonds. The Kier molecular flexibility index (Phi) is 7.43. The number of benzene rings is 3. The fourth-order valence-electron chi connectivity index (χ4n) is 3.91. The van der Waals surface area contributed by atoms with Gasteiger partial charge in [-0.25, -0.2) is 18.6 Å². The van der Waals surface area contributed by atoms with Gasteiger partial charge in [0.05, 0.1) is 34.1 Å². The van der Waals surface area contributed by atoms with E-state index in [1.165, 1.54) is 19.2 Å². The van der Waals surface area contributed by atoms with Crippen LogP contribution in [0, 0.1) is 11.6 Å². The number of imidazole rings is 1. The fourth-order valence-corrected chi connectivity index (χ4v) is 4.37. The minimum absolute atomic E-state index is 0.184. The second kappa shape index (κ2) is 10.4. The molecule has 0 unspecified atom stereocenters. The number of ether oxygens (including phenoxy) is 2. The Labute approximate surface area is 221 Å². The van der Waals surface area contributed by atoms with Gasteiger partial charge in [0.1, 0.15) is 24.0 Å². The molecule has 0 bridgehead atoms. The van der Waals surface area contributed by atoms with Gasteiger partial charge in [0.2, 0.25) is 0 Å². The van der Waals surface area contributed by atoms with Crippen molar-refractivity contribution >= 4 is 29.2 Å². The van der Waals surface area contributed by atoms with Gasteiger partial charge in [-0.15, -0.1) is 0 Å². The predicted molar refractivity (Wildman–Crippen MR) is 137 cm³/mol. The normalized spacial score (nSPS) is 11.4. The van der Waals surface area contributed by atoms with E-state index in [1.54, 1.807) is 18.2 Å². The Morgan fingerprint density at radius 1 is 1.05 bits per heavy atom. The first-order valence-corrected chi connectivity index (χ1v) is 11.8. The topological polar surface area (TPSA) is 84.4 Å². The molecule has 37 heavy (non-hydrogen) atoms. The second-order valence-corrected chi connectivity index (χ2v) is 9.57. The van der Waals surface area contributed by atoms with Gasteiger partial charge in [-0.3, -0.25) is 0 Å². The van der Waals surface area contributed by atoms with Crippen LogP contribution in [0.3, 0.4) is 0 Å². The number of aromatic carboxylic acids is 1. The van der Waals surface area contributed by atoms with Crippen molar-refractivity contribution < 1.29 is 28.2 Å². The van der Waals surface area contributed by atoms with Gasteiger partial charge in [-0.2, -0.15) is 0 Å². The first-order valence-electron chi connectivity index (χ1n) is 11.1. The molecule has 2 N–H and O–H groups in total. The summed E-state index contributed by atoms with van der Waals surface area (Å²) < 4.78 is 39.1. The lowest BCUT2D eigenvalue weighted by Gasteiger charge is -2.26. The van der Waals surface area contributed by atoms with Gasteiger partial charge < -0.3 is 19.6 Å². The number of nitrogens with zero attached hydrogens (tertiary/aromatic N) is 1. The Hall–Kier alpha value is -3.62. The monoisotopic (exact) mass is 546 g/mol. The van der Waals surface area contributed by atoms with Crippen LogP contribution in [0.5, 0.6) is 11.5 Å². The average Bonchev–Trinajstić information content (AvgIpc) is 3.29. The third-order valence-corrected chi connectivity index (χ3v) is 6.56. The molecule has 0 aliphatic carbocycles. The molecule has 0 fully saturated rings. The highest BCUT2D eigenvalue weighted by Gasteiger charge is 2.31. The number of carboxylic acid groups (broad SMARTS) is 1. The minimum atomic E-state index is -1.31. The zero-order valence-electron chi connectivity index (χ0n) is 20.0. The van der Waals surface area contributed by atoms with E-state index in [0.29, 0.717) is 33.5 Å². The van der Waals surface area contributed by atoms with Gasteiger partial charge >= 0.3 is 5.97 Å². The number of aromatic amines is 1. The molecular formula is C27H22Cl2F2N2O4. The second-order valence-electron chi connectivity index (χ2n) is 8.75. The average molecular weight is 547 g/mol. The number of aromatic nitrogens is 2. The molecule has 0 atom stereocenters. The van der Waals surface area contributed by atoms with E-state index in [-0.39, 0.29) is 28.8 Å². The summed E-state index contributed by atoms with van der Waals surface area (Å²) in [5.41, 5.74) is 1.81. The molecule has 0 spiro atoms. The summed E-state index contributed by atoms with van der Waals surface area (Å²) in [4.78, 5) is 19.1. The molecule has 3 aromatic carbocycles. The molecule has 10 heteroatoms. The van der Waals surface area contributed by atoms with Crippen molar-refractivity contribution in [3.63, 3.8) is 0 Å². The molecular weight excluding hydrogens is 525 g/mol. The summed E-state index contributed by atoms with van der Waals surface area (Å²) in [5, 5.41) is 9.37. The number of methoxy groups -OCH3 is 1. The molecule has 1 heterocycles. The Balaban J connectivity index is 1.75. The van der Waals surface area contributed by atoms with E-state index in [1.807, 2.05) is 26.0 Å². The van der Waals surface area contributed by atoms with Crippen molar-refractivity contribution in [2.24, 2.45) is 0 Å². The van der Waals surface area contributed by atoms with E-state index in [9.17, 15) is 13.6 Å². The lowest BCUT2D eigenvalue weighted by atomic mass is 9.79. The summed E-state index contributed by atoms with van der Waals surface area (Å²) in [7, 11) is 1.53. The number of H-pyrrole nitrogens is 1. The number of halogens is 4. The summed E-state index contributed by atoms with van der Waals surface area (Å²) in [6.45, 7) is 3.75. The SMILES string of the molecule is COc1cc(C(C)(C)c2[nH]c(COc3c(F)cc(C(=O)O)cc3Cl)nc2-c2ccc(F)cc2)ccc1Cl. The Morgan fingerprint density at radius 2 is 1.76 bits per heavy atom. The van der Waals surface area contributed by atoms with Crippen LogP contribution in [-0.4, -0.2) is 28.2 Å². The molecule has 0 saturated carbocycles. The van der Waals surface area contributed by atoms with Gasteiger partial charge in [-0.05, 0) is 54.1 Å². The molecule has 0 aliphatic rings. The predicted octanol–water partition coefficient (Wildman–Crippen LogP) is 7.27. The summed E-state index contributed by atoms with van der Waals surface area (Å²) in [6, 6.07) is 13.3. The first-order chi connectivity index (χ1) is 17.5. The van der Waals surface area contributed by atoms with Gasteiger partial charge in [0.15, 0.2) is 11.6 Å². The molecule has 4 aromatic rings. The van der Waals surface area contributed by atoms with Crippen LogP contribution in [0.4, 0.5) is 8.78 Å². The zero-order valence-corrected chi connectivity index (χ0v) is 21.5. The minimum Gasteiger partial charge on any atom is -0.495 e. The third-order valence-electron chi connectivity index (χ3n) is 5.97. The van der Waals surface area contributed by atoms with Crippen molar-refractivity contribution in [2.45, 2.75) is 25.9 Å². The van der Waals surface area contributed by atoms with Crippen LogP contribution in [0.1, 0.15) is 41.3 Å². The highest BCUT2D eigenvalue weighted by molar-refractivity contribution is 6.32. The van der Waals surface area contributed by atoms with E-state index in [4.69, 9.17) is 37.8 Å². The zero-order chi connectivity index (χ0) is 26.9. The number of nitrogens with one attached hydrogen (secondary N) is 1. The van der Waals surface area contributed by atoms with Crippen LogP contribution in [0.15, 0.2) is 54.6 Å². The van der Waals surface area contributed by atoms with Crippen LogP contribution < -0.4 is 9.47 Å².